The molecule has 0 saturated carbocycles. The fourth-order valence-electron chi connectivity index (χ4n) is 3.87. The smallest absolute Gasteiger partial charge is 0.161 e. The molecule has 2 heterocycles. The third kappa shape index (κ3) is 4.46. The Bertz CT molecular complexity index is 938. The second-order valence-electron chi connectivity index (χ2n) is 7.47. The van der Waals surface area contributed by atoms with Crippen molar-refractivity contribution in [2.75, 3.05) is 26.6 Å². The van der Waals surface area contributed by atoms with Crippen molar-refractivity contribution in [3.8, 4) is 17.2 Å². The highest BCUT2D eigenvalue weighted by molar-refractivity contribution is 7.99. The highest BCUT2D eigenvalue weighted by Crippen LogP contribution is 2.41. The molecule has 0 amide bonds. The van der Waals surface area contributed by atoms with Gasteiger partial charge in [0.05, 0.1) is 7.11 Å². The van der Waals surface area contributed by atoms with Gasteiger partial charge in [-0.2, -0.15) is 0 Å². The molecule has 0 aromatic heterocycles. The maximum Gasteiger partial charge on any atom is 0.161 e. The zero-order valence-corrected chi connectivity index (χ0v) is 18.7. The molecule has 0 aliphatic carbocycles. The largest absolute Gasteiger partial charge is 0.496 e. The van der Waals surface area contributed by atoms with Gasteiger partial charge in [0.25, 0.3) is 0 Å². The quantitative estimate of drug-likeness (QED) is 0.616. The van der Waals surface area contributed by atoms with Gasteiger partial charge in [-0.25, -0.2) is 0 Å². The van der Waals surface area contributed by atoms with Crippen molar-refractivity contribution in [1.29, 1.82) is 0 Å². The van der Waals surface area contributed by atoms with E-state index in [1.165, 1.54) is 18.9 Å². The lowest BCUT2D eigenvalue weighted by atomic mass is 9.92. The summed E-state index contributed by atoms with van der Waals surface area (Å²) in [5, 5.41) is 31.6. The van der Waals surface area contributed by atoms with Crippen LogP contribution in [0.3, 0.4) is 0 Å². The molecule has 1 fully saturated rings. The topological polar surface area (TPSA) is 97.6 Å². The maximum absolute atomic E-state index is 10.6. The van der Waals surface area contributed by atoms with E-state index in [4.69, 9.17) is 30.5 Å². The van der Waals surface area contributed by atoms with E-state index in [1.807, 2.05) is 24.3 Å². The number of aliphatic hydroxyl groups is 3. The number of thioether (sulfide) groups is 1. The SMILES string of the molecule is COc1cc(Cl)c(Cc2ccc3c(c2)OCCO3)cc1C1OC(SC)C(O)C(O)C1O. The molecule has 5 unspecified atom stereocenters. The molecule has 3 N–H and O–H groups in total. The van der Waals surface area contributed by atoms with Crippen LogP contribution in [0.4, 0.5) is 0 Å². The van der Waals surface area contributed by atoms with Crippen LogP contribution < -0.4 is 14.2 Å². The molecule has 168 valence electrons. The Kier molecular flexibility index (Phi) is 6.86. The first-order valence-electron chi connectivity index (χ1n) is 9.90. The Balaban J connectivity index is 1.67. The first kappa shape index (κ1) is 22.5. The van der Waals surface area contributed by atoms with Crippen molar-refractivity contribution < 1.29 is 34.3 Å². The highest BCUT2D eigenvalue weighted by atomic mass is 35.5. The number of rotatable bonds is 5. The van der Waals surface area contributed by atoms with Gasteiger partial charge in [-0.05, 0) is 48.1 Å². The van der Waals surface area contributed by atoms with Crippen LogP contribution in [0.15, 0.2) is 30.3 Å². The zero-order valence-electron chi connectivity index (χ0n) is 17.2. The van der Waals surface area contributed by atoms with Crippen LogP contribution in [0.25, 0.3) is 0 Å². The molecule has 2 aromatic carbocycles. The van der Waals surface area contributed by atoms with Gasteiger partial charge in [0.1, 0.15) is 48.8 Å². The number of hydrogen-bond acceptors (Lipinski definition) is 8. The Morgan fingerprint density at radius 3 is 2.48 bits per heavy atom. The third-order valence-corrected chi connectivity index (χ3v) is 6.71. The lowest BCUT2D eigenvalue weighted by Crippen LogP contribution is -2.53. The van der Waals surface area contributed by atoms with Crippen LogP contribution in [0.5, 0.6) is 17.2 Å². The predicted octanol–water partition coefficient (Wildman–Crippen LogP) is 2.55. The minimum atomic E-state index is -1.35. The van der Waals surface area contributed by atoms with E-state index in [0.29, 0.717) is 47.5 Å². The second kappa shape index (κ2) is 9.44. The van der Waals surface area contributed by atoms with Crippen LogP contribution in [0, 0.1) is 0 Å². The molecular weight excluding hydrogens is 444 g/mol. The minimum absolute atomic E-state index is 0.434. The van der Waals surface area contributed by atoms with Crippen LogP contribution in [-0.4, -0.2) is 65.6 Å². The van der Waals surface area contributed by atoms with Gasteiger partial charge in [0, 0.05) is 10.6 Å². The van der Waals surface area contributed by atoms with Crippen molar-refractivity contribution >= 4 is 23.4 Å². The highest BCUT2D eigenvalue weighted by Gasteiger charge is 2.45. The van der Waals surface area contributed by atoms with Crippen LogP contribution in [0.2, 0.25) is 5.02 Å². The van der Waals surface area contributed by atoms with Gasteiger partial charge in [-0.3, -0.25) is 0 Å². The number of benzene rings is 2. The van der Waals surface area contributed by atoms with Crippen molar-refractivity contribution in [1.82, 2.24) is 0 Å². The van der Waals surface area contributed by atoms with Crippen LogP contribution in [-0.2, 0) is 11.2 Å². The van der Waals surface area contributed by atoms with E-state index in [1.54, 1.807) is 12.3 Å². The normalized spacial score (nSPS) is 27.7. The Morgan fingerprint density at radius 2 is 1.77 bits per heavy atom. The summed E-state index contributed by atoms with van der Waals surface area (Å²) >= 11 is 7.78. The molecule has 7 nitrogen and oxygen atoms in total. The van der Waals surface area contributed by atoms with Gasteiger partial charge in [0.15, 0.2) is 11.5 Å². The average molecular weight is 469 g/mol. The maximum atomic E-state index is 10.6. The fourth-order valence-corrected chi connectivity index (χ4v) is 4.76. The molecule has 1 saturated heterocycles. The molecule has 5 atom stereocenters. The van der Waals surface area contributed by atoms with E-state index < -0.39 is 29.9 Å². The average Bonchev–Trinajstić information content (AvgIpc) is 2.79. The molecule has 31 heavy (non-hydrogen) atoms. The lowest BCUT2D eigenvalue weighted by Gasteiger charge is -2.40. The molecule has 2 aliphatic heterocycles. The van der Waals surface area contributed by atoms with Gasteiger partial charge in [-0.1, -0.05) is 17.7 Å². The molecule has 9 heteroatoms. The minimum Gasteiger partial charge on any atom is -0.496 e. The van der Waals surface area contributed by atoms with Crippen molar-refractivity contribution in [2.45, 2.75) is 36.3 Å². The van der Waals surface area contributed by atoms with Crippen molar-refractivity contribution in [2.24, 2.45) is 0 Å². The zero-order chi connectivity index (χ0) is 22.1. The van der Waals surface area contributed by atoms with Crippen LogP contribution >= 0.6 is 23.4 Å². The summed E-state index contributed by atoms with van der Waals surface area (Å²) in [5.41, 5.74) is 1.64. The number of ether oxygens (including phenoxy) is 4. The first-order valence-corrected chi connectivity index (χ1v) is 11.6. The Morgan fingerprint density at radius 1 is 1.03 bits per heavy atom. The second-order valence-corrected chi connectivity index (χ2v) is 8.82. The summed E-state index contributed by atoms with van der Waals surface area (Å²) < 4.78 is 22.6. The summed E-state index contributed by atoms with van der Waals surface area (Å²) in [6.07, 6.45) is -2.49. The van der Waals surface area contributed by atoms with Crippen LogP contribution in [0.1, 0.15) is 22.8 Å². The summed E-state index contributed by atoms with van der Waals surface area (Å²) in [4.78, 5) is 0. The third-order valence-electron chi connectivity index (χ3n) is 5.51. The van der Waals surface area contributed by atoms with Gasteiger partial charge in [0.2, 0.25) is 0 Å². The molecule has 0 spiro atoms. The fraction of sp³-hybridized carbons (Fsp3) is 0.455. The van der Waals surface area contributed by atoms with Gasteiger partial charge in [-0.15, -0.1) is 11.8 Å². The molecule has 4 rings (SSSR count). The number of hydrogen-bond donors (Lipinski definition) is 3. The number of halogens is 1. The predicted molar refractivity (Wildman–Crippen MR) is 117 cm³/mol. The summed E-state index contributed by atoms with van der Waals surface area (Å²) in [6, 6.07) is 9.23. The summed E-state index contributed by atoms with van der Waals surface area (Å²) in [5.74, 6) is 1.84. The molecule has 0 bridgehead atoms. The molecule has 2 aliphatic rings. The summed E-state index contributed by atoms with van der Waals surface area (Å²) in [6.45, 7) is 1.03. The van der Waals surface area contributed by atoms with E-state index in [0.717, 1.165) is 11.1 Å². The number of fused-ring (bicyclic) bond motifs is 1. The van der Waals surface area contributed by atoms with Gasteiger partial charge >= 0.3 is 0 Å². The Hall–Kier alpha value is -1.68. The lowest BCUT2D eigenvalue weighted by molar-refractivity contribution is -0.200. The van der Waals surface area contributed by atoms with E-state index in [9.17, 15) is 15.3 Å². The van der Waals surface area contributed by atoms with Crippen molar-refractivity contribution in [3.05, 3.63) is 52.0 Å². The standard InChI is InChI=1S/C22H25ClO7S/c1-27-16-10-14(23)12(7-11-3-4-15-17(8-11)29-6-5-28-15)9-13(16)21-19(25)18(24)20(26)22(30-21)31-2/h3-4,8-10,18-22,24-26H,5-7H2,1-2H3. The number of methoxy groups -OCH3 is 1. The Labute approximate surface area is 189 Å². The van der Waals surface area contributed by atoms with Crippen molar-refractivity contribution in [3.63, 3.8) is 0 Å². The number of aliphatic hydroxyl groups excluding tert-OH is 3. The first-order chi connectivity index (χ1) is 14.9. The van der Waals surface area contributed by atoms with E-state index >= 15 is 0 Å². The van der Waals surface area contributed by atoms with Gasteiger partial charge < -0.3 is 34.3 Å². The molecule has 2 aromatic rings. The monoisotopic (exact) mass is 468 g/mol. The van der Waals surface area contributed by atoms with E-state index in [-0.39, 0.29) is 0 Å². The molecular formula is C22H25ClO7S. The molecule has 0 radical (unpaired) electrons. The van der Waals surface area contributed by atoms with E-state index in [2.05, 4.69) is 0 Å². The summed E-state index contributed by atoms with van der Waals surface area (Å²) in [7, 11) is 1.50.